The lowest BCUT2D eigenvalue weighted by molar-refractivity contribution is -0.139. The SMILES string of the molecule is CCN(CC(=O)O)C1CCN(c2nc(-c3cccc(Cl)c3)no2)CC1. The second kappa shape index (κ2) is 7.84. The summed E-state index contributed by atoms with van der Waals surface area (Å²) in [6, 6.07) is 8.10. The summed E-state index contributed by atoms with van der Waals surface area (Å²) in [6.07, 6.45) is 1.74. The molecular formula is C17H21ClN4O3. The van der Waals surface area contributed by atoms with E-state index in [9.17, 15) is 4.79 Å². The highest BCUT2D eigenvalue weighted by Gasteiger charge is 2.27. The monoisotopic (exact) mass is 364 g/mol. The van der Waals surface area contributed by atoms with Gasteiger partial charge in [0.05, 0.1) is 6.54 Å². The number of piperidine rings is 1. The van der Waals surface area contributed by atoms with E-state index < -0.39 is 5.97 Å². The molecule has 1 aromatic heterocycles. The molecule has 0 amide bonds. The molecular weight excluding hydrogens is 344 g/mol. The van der Waals surface area contributed by atoms with Crippen molar-refractivity contribution in [1.29, 1.82) is 0 Å². The first-order valence-corrected chi connectivity index (χ1v) is 8.75. The van der Waals surface area contributed by atoms with Gasteiger partial charge >= 0.3 is 12.0 Å². The Labute approximate surface area is 151 Å². The number of hydrogen-bond acceptors (Lipinski definition) is 6. The van der Waals surface area contributed by atoms with Gasteiger partial charge in [0.25, 0.3) is 0 Å². The van der Waals surface area contributed by atoms with Crippen molar-refractivity contribution in [3.05, 3.63) is 29.3 Å². The second-order valence-corrected chi connectivity index (χ2v) is 6.52. The maximum atomic E-state index is 11.0. The highest BCUT2D eigenvalue weighted by atomic mass is 35.5. The maximum absolute atomic E-state index is 11.0. The van der Waals surface area contributed by atoms with Crippen LogP contribution < -0.4 is 4.90 Å². The van der Waals surface area contributed by atoms with E-state index in [0.717, 1.165) is 38.0 Å². The normalized spacial score (nSPS) is 15.7. The molecule has 0 atom stereocenters. The average molecular weight is 365 g/mol. The molecule has 1 aromatic carbocycles. The number of rotatable bonds is 6. The van der Waals surface area contributed by atoms with Crippen molar-refractivity contribution in [2.45, 2.75) is 25.8 Å². The zero-order valence-electron chi connectivity index (χ0n) is 14.1. The van der Waals surface area contributed by atoms with Crippen LogP contribution in [0.5, 0.6) is 0 Å². The van der Waals surface area contributed by atoms with Crippen LogP contribution in [0.3, 0.4) is 0 Å². The number of aromatic nitrogens is 2. The van der Waals surface area contributed by atoms with Crippen LogP contribution in [0.2, 0.25) is 5.02 Å². The molecule has 0 bridgehead atoms. The fourth-order valence-electron chi connectivity index (χ4n) is 3.18. The molecule has 7 nitrogen and oxygen atoms in total. The Hall–Kier alpha value is -2.12. The third kappa shape index (κ3) is 4.29. The van der Waals surface area contributed by atoms with Gasteiger partial charge in [0.1, 0.15) is 0 Å². The van der Waals surface area contributed by atoms with E-state index in [4.69, 9.17) is 21.2 Å². The van der Waals surface area contributed by atoms with E-state index in [1.165, 1.54) is 0 Å². The molecule has 1 fully saturated rings. The summed E-state index contributed by atoms with van der Waals surface area (Å²) in [7, 11) is 0. The van der Waals surface area contributed by atoms with E-state index in [1.807, 2.05) is 28.9 Å². The Morgan fingerprint density at radius 3 is 2.84 bits per heavy atom. The molecule has 0 spiro atoms. The van der Waals surface area contributed by atoms with Crippen molar-refractivity contribution in [1.82, 2.24) is 15.0 Å². The van der Waals surface area contributed by atoms with E-state index in [2.05, 4.69) is 10.1 Å². The van der Waals surface area contributed by atoms with Crippen LogP contribution in [-0.2, 0) is 4.79 Å². The largest absolute Gasteiger partial charge is 0.480 e. The van der Waals surface area contributed by atoms with Gasteiger partial charge in [-0.25, -0.2) is 0 Å². The molecule has 1 aliphatic rings. The predicted molar refractivity (Wildman–Crippen MR) is 94.9 cm³/mol. The van der Waals surface area contributed by atoms with Crippen molar-refractivity contribution in [3.8, 4) is 11.4 Å². The van der Waals surface area contributed by atoms with E-state index in [1.54, 1.807) is 12.1 Å². The highest BCUT2D eigenvalue weighted by Crippen LogP contribution is 2.25. The topological polar surface area (TPSA) is 82.7 Å². The van der Waals surface area contributed by atoms with Crippen molar-refractivity contribution < 1.29 is 14.4 Å². The zero-order chi connectivity index (χ0) is 17.8. The van der Waals surface area contributed by atoms with E-state index in [-0.39, 0.29) is 12.6 Å². The number of carboxylic acids is 1. The fraction of sp³-hybridized carbons (Fsp3) is 0.471. The number of hydrogen-bond donors (Lipinski definition) is 1. The third-order valence-corrected chi connectivity index (χ3v) is 4.73. The van der Waals surface area contributed by atoms with Crippen molar-refractivity contribution in [3.63, 3.8) is 0 Å². The molecule has 134 valence electrons. The maximum Gasteiger partial charge on any atom is 0.324 e. The van der Waals surface area contributed by atoms with Crippen molar-refractivity contribution in [2.24, 2.45) is 0 Å². The molecule has 1 N–H and O–H groups in total. The Bertz CT molecular complexity index is 728. The molecule has 2 aromatic rings. The Balaban J connectivity index is 1.63. The number of halogens is 1. The van der Waals surface area contributed by atoms with Crippen LogP contribution in [-0.4, -0.2) is 58.3 Å². The van der Waals surface area contributed by atoms with Gasteiger partial charge < -0.3 is 14.5 Å². The highest BCUT2D eigenvalue weighted by molar-refractivity contribution is 6.30. The van der Waals surface area contributed by atoms with E-state index >= 15 is 0 Å². The van der Waals surface area contributed by atoms with Gasteiger partial charge in [-0.2, -0.15) is 4.98 Å². The lowest BCUT2D eigenvalue weighted by Crippen LogP contribution is -2.46. The molecule has 1 saturated heterocycles. The minimum absolute atomic E-state index is 0.0840. The molecule has 0 aliphatic carbocycles. The van der Waals surface area contributed by atoms with Gasteiger partial charge in [0, 0.05) is 29.7 Å². The number of likely N-dealkylation sites (N-methyl/N-ethyl adjacent to an activating group) is 1. The summed E-state index contributed by atoms with van der Waals surface area (Å²) < 4.78 is 5.40. The number of carboxylic acid groups (broad SMARTS) is 1. The molecule has 2 heterocycles. The smallest absolute Gasteiger partial charge is 0.324 e. The van der Waals surface area contributed by atoms with Gasteiger partial charge in [0.15, 0.2) is 0 Å². The number of aliphatic carboxylic acids is 1. The summed E-state index contributed by atoms with van der Waals surface area (Å²) in [5, 5.41) is 13.7. The van der Waals surface area contributed by atoms with Gasteiger partial charge in [0.2, 0.25) is 5.82 Å². The van der Waals surface area contributed by atoms with Crippen LogP contribution >= 0.6 is 11.6 Å². The van der Waals surface area contributed by atoms with Crippen LogP contribution in [0.1, 0.15) is 19.8 Å². The van der Waals surface area contributed by atoms with E-state index in [0.29, 0.717) is 16.9 Å². The van der Waals surface area contributed by atoms with Crippen molar-refractivity contribution in [2.75, 3.05) is 31.1 Å². The Morgan fingerprint density at radius 1 is 1.44 bits per heavy atom. The molecule has 3 rings (SSSR count). The number of carbonyl (C=O) groups is 1. The number of anilines is 1. The average Bonchev–Trinajstić information content (AvgIpc) is 3.10. The summed E-state index contributed by atoms with van der Waals surface area (Å²) in [5.74, 6) is -0.270. The standard InChI is InChI=1S/C17H21ClN4O3/c1-2-21(11-15(23)24)14-6-8-22(9-7-14)17-19-16(20-25-17)12-4-3-5-13(18)10-12/h3-5,10,14H,2,6-9,11H2,1H3,(H,23,24). The Kier molecular flexibility index (Phi) is 5.55. The van der Waals surface area contributed by atoms with Gasteiger partial charge in [-0.3, -0.25) is 9.69 Å². The van der Waals surface area contributed by atoms with Crippen molar-refractivity contribution >= 4 is 23.6 Å². The third-order valence-electron chi connectivity index (χ3n) is 4.49. The minimum Gasteiger partial charge on any atom is -0.480 e. The van der Waals surface area contributed by atoms with Gasteiger partial charge in [-0.15, -0.1) is 0 Å². The minimum atomic E-state index is -0.785. The van der Waals surface area contributed by atoms with Crippen LogP contribution in [0, 0.1) is 0 Å². The summed E-state index contributed by atoms with van der Waals surface area (Å²) in [6.45, 7) is 4.33. The summed E-state index contributed by atoms with van der Waals surface area (Å²) in [4.78, 5) is 19.5. The molecule has 8 heteroatoms. The first-order valence-electron chi connectivity index (χ1n) is 8.37. The lowest BCUT2D eigenvalue weighted by Gasteiger charge is -2.36. The first kappa shape index (κ1) is 17.7. The van der Waals surface area contributed by atoms with Crippen LogP contribution in [0.25, 0.3) is 11.4 Å². The molecule has 25 heavy (non-hydrogen) atoms. The number of benzene rings is 1. The van der Waals surface area contributed by atoms with Gasteiger partial charge in [-0.05, 0) is 31.5 Å². The Morgan fingerprint density at radius 2 is 2.20 bits per heavy atom. The van der Waals surface area contributed by atoms with Crippen LogP contribution in [0.4, 0.5) is 6.01 Å². The second-order valence-electron chi connectivity index (χ2n) is 6.09. The number of nitrogens with zero attached hydrogens (tertiary/aromatic N) is 4. The summed E-state index contributed by atoms with van der Waals surface area (Å²) >= 11 is 6.00. The fourth-order valence-corrected chi connectivity index (χ4v) is 3.37. The summed E-state index contributed by atoms with van der Waals surface area (Å²) in [5.41, 5.74) is 0.816. The first-order chi connectivity index (χ1) is 12.1. The zero-order valence-corrected chi connectivity index (χ0v) is 14.8. The lowest BCUT2D eigenvalue weighted by atomic mass is 10.0. The molecule has 0 saturated carbocycles. The quantitative estimate of drug-likeness (QED) is 0.843. The predicted octanol–water partition coefficient (Wildman–Crippen LogP) is 2.77. The molecule has 1 aliphatic heterocycles. The molecule has 0 radical (unpaired) electrons. The molecule has 0 unspecified atom stereocenters. The van der Waals surface area contributed by atoms with Gasteiger partial charge in [-0.1, -0.05) is 35.8 Å². The van der Waals surface area contributed by atoms with Crippen LogP contribution in [0.15, 0.2) is 28.8 Å².